The van der Waals surface area contributed by atoms with Gasteiger partial charge in [-0.2, -0.15) is 13.2 Å². The molecule has 1 aromatic carbocycles. The zero-order valence-electron chi connectivity index (χ0n) is 14.0. The molecule has 0 aliphatic heterocycles. The lowest BCUT2D eigenvalue weighted by Gasteiger charge is -2.10. The van der Waals surface area contributed by atoms with E-state index in [1.54, 1.807) is 36.7 Å². The molecular weight excluding hydrogens is 357 g/mol. The van der Waals surface area contributed by atoms with Crippen molar-refractivity contribution < 1.29 is 18.0 Å². The summed E-state index contributed by atoms with van der Waals surface area (Å²) in [4.78, 5) is 20.4. The zero-order chi connectivity index (χ0) is 19.3. The predicted octanol–water partition coefficient (Wildman–Crippen LogP) is 4.17. The number of carbonyl (C=O) groups is 1. The van der Waals surface area contributed by atoms with Gasteiger partial charge in [0.2, 0.25) is 0 Å². The largest absolute Gasteiger partial charge is 0.416 e. The maximum atomic E-state index is 12.7. The van der Waals surface area contributed by atoms with Crippen molar-refractivity contribution >= 4 is 17.4 Å². The van der Waals surface area contributed by atoms with Crippen LogP contribution in [0.25, 0.3) is 0 Å². The number of nitrogens with one attached hydrogen (secondary N) is 2. The number of carbonyl (C=O) groups excluding carboxylic acids is 1. The summed E-state index contributed by atoms with van der Waals surface area (Å²) in [7, 11) is 0. The normalized spacial score (nSPS) is 11.1. The average Bonchev–Trinajstić information content (AvgIpc) is 2.67. The van der Waals surface area contributed by atoms with Crippen LogP contribution in [0.4, 0.5) is 24.7 Å². The molecule has 2 aromatic heterocycles. The van der Waals surface area contributed by atoms with Crippen LogP contribution in [0, 0.1) is 0 Å². The Labute approximate surface area is 153 Å². The smallest absolute Gasteiger partial charge is 0.347 e. The third-order valence-electron chi connectivity index (χ3n) is 3.64. The number of rotatable bonds is 5. The fraction of sp³-hybridized carbons (Fsp3) is 0.105. The fourth-order valence-corrected chi connectivity index (χ4v) is 2.34. The van der Waals surface area contributed by atoms with Crippen LogP contribution >= 0.6 is 0 Å². The van der Waals surface area contributed by atoms with Gasteiger partial charge in [0.25, 0.3) is 5.91 Å². The SMILES string of the molecule is O=C(NCc1cccc(C(F)(F)F)c1)c1cccc(Nc2ccncc2)n1. The number of anilines is 2. The second kappa shape index (κ2) is 7.86. The first-order chi connectivity index (χ1) is 12.9. The second-order valence-electron chi connectivity index (χ2n) is 5.65. The number of halogens is 3. The van der Waals surface area contributed by atoms with Gasteiger partial charge < -0.3 is 10.6 Å². The zero-order valence-corrected chi connectivity index (χ0v) is 14.0. The van der Waals surface area contributed by atoms with Crippen LogP contribution < -0.4 is 10.6 Å². The van der Waals surface area contributed by atoms with E-state index in [9.17, 15) is 18.0 Å². The molecule has 0 fully saturated rings. The minimum Gasteiger partial charge on any atom is -0.347 e. The van der Waals surface area contributed by atoms with Crippen LogP contribution in [0.1, 0.15) is 21.6 Å². The Morgan fingerprint density at radius 1 is 1.00 bits per heavy atom. The van der Waals surface area contributed by atoms with Crippen molar-refractivity contribution in [2.24, 2.45) is 0 Å². The van der Waals surface area contributed by atoms with Gasteiger partial charge in [0.15, 0.2) is 0 Å². The highest BCUT2D eigenvalue weighted by molar-refractivity contribution is 5.92. The van der Waals surface area contributed by atoms with Gasteiger partial charge in [-0.3, -0.25) is 9.78 Å². The van der Waals surface area contributed by atoms with E-state index in [0.29, 0.717) is 11.4 Å². The molecule has 3 aromatic rings. The number of hydrogen-bond acceptors (Lipinski definition) is 4. The summed E-state index contributed by atoms with van der Waals surface area (Å²) in [5, 5.41) is 5.62. The minimum absolute atomic E-state index is 0.0353. The van der Waals surface area contributed by atoms with Gasteiger partial charge in [0.1, 0.15) is 11.5 Å². The molecule has 0 saturated heterocycles. The third kappa shape index (κ3) is 5.04. The van der Waals surface area contributed by atoms with Gasteiger partial charge in [0, 0.05) is 24.6 Å². The van der Waals surface area contributed by atoms with Gasteiger partial charge in [-0.25, -0.2) is 4.98 Å². The number of aromatic nitrogens is 2. The number of amides is 1. The van der Waals surface area contributed by atoms with Gasteiger partial charge >= 0.3 is 6.18 Å². The number of pyridine rings is 2. The summed E-state index contributed by atoms with van der Waals surface area (Å²) < 4.78 is 38.2. The first kappa shape index (κ1) is 18.4. The Balaban J connectivity index is 1.66. The van der Waals surface area contributed by atoms with Crippen LogP contribution in [-0.2, 0) is 12.7 Å². The fourth-order valence-electron chi connectivity index (χ4n) is 2.34. The molecule has 0 bridgehead atoms. The Kier molecular flexibility index (Phi) is 5.35. The molecule has 0 atom stereocenters. The van der Waals surface area contributed by atoms with E-state index in [1.807, 2.05) is 0 Å². The number of hydrogen-bond donors (Lipinski definition) is 2. The second-order valence-corrected chi connectivity index (χ2v) is 5.65. The molecule has 0 spiro atoms. The summed E-state index contributed by atoms with van der Waals surface area (Å²) in [6, 6.07) is 13.2. The summed E-state index contributed by atoms with van der Waals surface area (Å²) in [6.45, 7) is -0.0353. The lowest BCUT2D eigenvalue weighted by Crippen LogP contribution is -2.24. The van der Waals surface area contributed by atoms with E-state index in [-0.39, 0.29) is 12.2 Å². The summed E-state index contributed by atoms with van der Waals surface area (Å²) in [5.41, 5.74) is 0.514. The van der Waals surface area contributed by atoms with Crippen molar-refractivity contribution in [1.82, 2.24) is 15.3 Å². The van der Waals surface area contributed by atoms with E-state index < -0.39 is 17.6 Å². The number of alkyl halides is 3. The maximum absolute atomic E-state index is 12.7. The third-order valence-corrected chi connectivity index (χ3v) is 3.64. The van der Waals surface area contributed by atoms with Gasteiger partial charge in [-0.15, -0.1) is 0 Å². The van der Waals surface area contributed by atoms with Crippen molar-refractivity contribution in [1.29, 1.82) is 0 Å². The van der Waals surface area contributed by atoms with E-state index >= 15 is 0 Å². The Morgan fingerprint density at radius 3 is 2.48 bits per heavy atom. The topological polar surface area (TPSA) is 66.9 Å². The Hall–Kier alpha value is -3.42. The van der Waals surface area contributed by atoms with Gasteiger partial charge in [-0.05, 0) is 42.0 Å². The summed E-state index contributed by atoms with van der Waals surface area (Å²) >= 11 is 0. The summed E-state index contributed by atoms with van der Waals surface area (Å²) in [5.74, 6) is -0.0151. The Morgan fingerprint density at radius 2 is 1.74 bits per heavy atom. The summed E-state index contributed by atoms with van der Waals surface area (Å²) in [6.07, 6.45) is -1.18. The lowest BCUT2D eigenvalue weighted by atomic mass is 10.1. The molecule has 138 valence electrons. The molecule has 0 aliphatic carbocycles. The van der Waals surface area contributed by atoms with E-state index in [1.165, 1.54) is 18.2 Å². The predicted molar refractivity (Wildman–Crippen MR) is 94.4 cm³/mol. The van der Waals surface area contributed by atoms with Crippen LogP contribution in [0.2, 0.25) is 0 Å². The molecule has 2 N–H and O–H groups in total. The highest BCUT2D eigenvalue weighted by atomic mass is 19.4. The molecule has 0 saturated carbocycles. The first-order valence-corrected chi connectivity index (χ1v) is 8.00. The van der Waals surface area contributed by atoms with E-state index in [0.717, 1.165) is 17.8 Å². The molecule has 8 heteroatoms. The lowest BCUT2D eigenvalue weighted by molar-refractivity contribution is -0.137. The molecule has 0 unspecified atom stereocenters. The number of benzene rings is 1. The molecule has 27 heavy (non-hydrogen) atoms. The van der Waals surface area contributed by atoms with Gasteiger partial charge in [-0.1, -0.05) is 18.2 Å². The monoisotopic (exact) mass is 372 g/mol. The van der Waals surface area contributed by atoms with Crippen LogP contribution in [0.15, 0.2) is 67.0 Å². The van der Waals surface area contributed by atoms with Crippen molar-refractivity contribution in [3.63, 3.8) is 0 Å². The van der Waals surface area contributed by atoms with Crippen LogP contribution in [0.3, 0.4) is 0 Å². The number of nitrogens with zero attached hydrogens (tertiary/aromatic N) is 2. The molecule has 0 aliphatic rings. The molecule has 5 nitrogen and oxygen atoms in total. The molecule has 0 radical (unpaired) electrons. The molecule has 2 heterocycles. The Bertz CT molecular complexity index is 929. The van der Waals surface area contributed by atoms with E-state index in [4.69, 9.17) is 0 Å². The first-order valence-electron chi connectivity index (χ1n) is 8.00. The molecular formula is C19H15F3N4O. The average molecular weight is 372 g/mol. The molecule has 1 amide bonds. The highest BCUT2D eigenvalue weighted by Crippen LogP contribution is 2.29. The van der Waals surface area contributed by atoms with E-state index in [2.05, 4.69) is 20.6 Å². The molecule has 3 rings (SSSR count). The minimum atomic E-state index is -4.42. The quantitative estimate of drug-likeness (QED) is 0.706. The maximum Gasteiger partial charge on any atom is 0.416 e. The van der Waals surface area contributed by atoms with Crippen molar-refractivity contribution in [2.45, 2.75) is 12.7 Å². The standard InChI is InChI=1S/C19H15F3N4O/c20-19(21,22)14-4-1-3-13(11-14)12-24-18(27)16-5-2-6-17(26-16)25-15-7-9-23-10-8-15/h1-11H,12H2,(H,24,27)(H,23,25,26). The highest BCUT2D eigenvalue weighted by Gasteiger charge is 2.30. The van der Waals surface area contributed by atoms with Crippen LogP contribution in [-0.4, -0.2) is 15.9 Å². The van der Waals surface area contributed by atoms with Crippen LogP contribution in [0.5, 0.6) is 0 Å². The van der Waals surface area contributed by atoms with Crippen molar-refractivity contribution in [2.75, 3.05) is 5.32 Å². The van der Waals surface area contributed by atoms with Gasteiger partial charge in [0.05, 0.1) is 5.56 Å². The van der Waals surface area contributed by atoms with Crippen molar-refractivity contribution in [3.05, 3.63) is 83.8 Å². The van der Waals surface area contributed by atoms with Crippen molar-refractivity contribution in [3.8, 4) is 0 Å².